The second-order valence-corrected chi connectivity index (χ2v) is 7.72. The SMILES string of the molecule is Cc1[nH]ncc1S(=O)(=O)NC(CC(=O)O)CC(C)(C)C. The molecule has 0 radical (unpaired) electrons. The maximum atomic E-state index is 12.2. The average molecular weight is 303 g/mol. The Morgan fingerprint density at radius 1 is 1.50 bits per heavy atom. The molecule has 7 nitrogen and oxygen atoms in total. The van der Waals surface area contributed by atoms with E-state index in [-0.39, 0.29) is 16.7 Å². The number of H-pyrrole nitrogens is 1. The zero-order valence-electron chi connectivity index (χ0n) is 12.1. The van der Waals surface area contributed by atoms with Crippen LogP contribution in [-0.2, 0) is 14.8 Å². The van der Waals surface area contributed by atoms with Gasteiger partial charge < -0.3 is 5.11 Å². The van der Waals surface area contributed by atoms with Crippen LogP contribution in [0.15, 0.2) is 11.1 Å². The normalized spacial score (nSPS) is 14.2. The third kappa shape index (κ3) is 4.93. The Kier molecular flexibility index (Phi) is 4.93. The van der Waals surface area contributed by atoms with E-state index in [4.69, 9.17) is 5.11 Å². The van der Waals surface area contributed by atoms with Crippen molar-refractivity contribution in [1.82, 2.24) is 14.9 Å². The number of carbonyl (C=O) groups is 1. The molecule has 0 bridgehead atoms. The van der Waals surface area contributed by atoms with Crippen molar-refractivity contribution in [3.8, 4) is 0 Å². The largest absolute Gasteiger partial charge is 0.481 e. The Morgan fingerprint density at radius 3 is 2.50 bits per heavy atom. The molecule has 114 valence electrons. The van der Waals surface area contributed by atoms with Crippen molar-refractivity contribution in [2.75, 3.05) is 0 Å². The van der Waals surface area contributed by atoms with Crippen LogP contribution in [0.2, 0.25) is 0 Å². The lowest BCUT2D eigenvalue weighted by Crippen LogP contribution is -2.39. The molecular formula is C12H21N3O4S. The summed E-state index contributed by atoms with van der Waals surface area (Å²) in [5.41, 5.74) is 0.232. The number of hydrogen-bond donors (Lipinski definition) is 3. The first kappa shape index (κ1) is 16.6. The Balaban J connectivity index is 2.94. The Morgan fingerprint density at radius 2 is 2.10 bits per heavy atom. The number of hydrogen-bond acceptors (Lipinski definition) is 4. The van der Waals surface area contributed by atoms with Crippen molar-refractivity contribution in [1.29, 1.82) is 0 Å². The van der Waals surface area contributed by atoms with E-state index >= 15 is 0 Å². The summed E-state index contributed by atoms with van der Waals surface area (Å²) in [4.78, 5) is 10.9. The highest BCUT2D eigenvalue weighted by molar-refractivity contribution is 7.89. The number of sulfonamides is 1. The number of rotatable bonds is 6. The fraction of sp³-hybridized carbons (Fsp3) is 0.667. The van der Waals surface area contributed by atoms with Gasteiger partial charge in [-0.25, -0.2) is 13.1 Å². The standard InChI is InChI=1S/C12H21N3O4S/c1-8-10(7-13-14-8)20(18,19)15-9(5-11(16)17)6-12(2,3)4/h7,9,15H,5-6H2,1-4H3,(H,13,14)(H,16,17). The van der Waals surface area contributed by atoms with Gasteiger partial charge in [-0.3, -0.25) is 9.89 Å². The predicted octanol–water partition coefficient (Wildman–Crippen LogP) is 1.28. The van der Waals surface area contributed by atoms with Gasteiger partial charge in [-0.2, -0.15) is 5.10 Å². The highest BCUT2D eigenvalue weighted by Crippen LogP contribution is 2.23. The van der Waals surface area contributed by atoms with Crippen LogP contribution >= 0.6 is 0 Å². The van der Waals surface area contributed by atoms with E-state index in [1.54, 1.807) is 6.92 Å². The van der Waals surface area contributed by atoms with Crippen LogP contribution in [0.4, 0.5) is 0 Å². The topological polar surface area (TPSA) is 112 Å². The van der Waals surface area contributed by atoms with Gasteiger partial charge in [0.2, 0.25) is 10.0 Å². The van der Waals surface area contributed by atoms with Crippen molar-refractivity contribution in [3.63, 3.8) is 0 Å². The van der Waals surface area contributed by atoms with E-state index in [0.717, 1.165) is 0 Å². The van der Waals surface area contributed by atoms with Crippen LogP contribution in [-0.4, -0.2) is 35.7 Å². The van der Waals surface area contributed by atoms with Gasteiger partial charge >= 0.3 is 5.97 Å². The monoisotopic (exact) mass is 303 g/mol. The molecule has 0 saturated heterocycles. The van der Waals surface area contributed by atoms with Gasteiger partial charge in [-0.1, -0.05) is 20.8 Å². The molecule has 8 heteroatoms. The number of aryl methyl sites for hydroxylation is 1. The van der Waals surface area contributed by atoms with Crippen LogP contribution in [0.5, 0.6) is 0 Å². The number of carboxylic acid groups (broad SMARTS) is 1. The molecule has 1 unspecified atom stereocenters. The summed E-state index contributed by atoms with van der Waals surface area (Å²) in [5.74, 6) is -1.04. The van der Waals surface area contributed by atoms with E-state index < -0.39 is 22.0 Å². The molecule has 0 aliphatic carbocycles. The van der Waals surface area contributed by atoms with Crippen LogP contribution in [0.3, 0.4) is 0 Å². The molecule has 0 aromatic carbocycles. The molecule has 0 spiro atoms. The number of nitrogens with one attached hydrogen (secondary N) is 2. The zero-order chi connectivity index (χ0) is 15.6. The molecule has 1 heterocycles. The summed E-state index contributed by atoms with van der Waals surface area (Å²) in [6.45, 7) is 7.38. The van der Waals surface area contributed by atoms with Gasteiger partial charge in [0.1, 0.15) is 4.90 Å². The lowest BCUT2D eigenvalue weighted by molar-refractivity contribution is -0.137. The van der Waals surface area contributed by atoms with Crippen LogP contribution in [0.25, 0.3) is 0 Å². The molecule has 3 N–H and O–H groups in total. The van der Waals surface area contributed by atoms with Crippen molar-refractivity contribution >= 4 is 16.0 Å². The van der Waals surface area contributed by atoms with E-state index in [2.05, 4.69) is 14.9 Å². The van der Waals surface area contributed by atoms with Crippen molar-refractivity contribution in [2.45, 2.75) is 51.5 Å². The molecule has 1 rings (SSSR count). The summed E-state index contributed by atoms with van der Waals surface area (Å²) in [5, 5.41) is 15.1. The van der Waals surface area contributed by atoms with Crippen molar-refractivity contribution in [3.05, 3.63) is 11.9 Å². The molecule has 0 aliphatic heterocycles. The third-order valence-electron chi connectivity index (χ3n) is 2.67. The zero-order valence-corrected chi connectivity index (χ0v) is 12.9. The molecule has 0 saturated carbocycles. The minimum Gasteiger partial charge on any atom is -0.481 e. The third-order valence-corrected chi connectivity index (χ3v) is 4.31. The number of nitrogens with zero attached hydrogens (tertiary/aromatic N) is 1. The minimum absolute atomic E-state index is 0.0433. The summed E-state index contributed by atoms with van der Waals surface area (Å²) < 4.78 is 26.9. The van der Waals surface area contributed by atoms with E-state index in [9.17, 15) is 13.2 Å². The summed E-state index contributed by atoms with van der Waals surface area (Å²) in [6, 6.07) is -0.660. The van der Waals surface area contributed by atoms with Gasteiger partial charge in [0.05, 0.1) is 18.3 Å². The van der Waals surface area contributed by atoms with E-state index in [1.165, 1.54) is 6.20 Å². The van der Waals surface area contributed by atoms with Gasteiger partial charge in [-0.05, 0) is 18.8 Å². The molecule has 0 aliphatic rings. The molecule has 20 heavy (non-hydrogen) atoms. The van der Waals surface area contributed by atoms with Crippen LogP contribution < -0.4 is 4.72 Å². The van der Waals surface area contributed by atoms with E-state index in [1.807, 2.05) is 20.8 Å². The first-order valence-electron chi connectivity index (χ1n) is 6.25. The molecule has 1 aromatic heterocycles. The van der Waals surface area contributed by atoms with Crippen LogP contribution in [0, 0.1) is 12.3 Å². The summed E-state index contributed by atoms with van der Waals surface area (Å²) in [6.07, 6.45) is 1.38. The average Bonchev–Trinajstić information content (AvgIpc) is 2.59. The second kappa shape index (κ2) is 5.92. The number of aliphatic carboxylic acids is 1. The molecular weight excluding hydrogens is 282 g/mol. The fourth-order valence-electron chi connectivity index (χ4n) is 2.00. The summed E-state index contributed by atoms with van der Waals surface area (Å²) >= 11 is 0. The number of carboxylic acids is 1. The molecule has 0 fully saturated rings. The quantitative estimate of drug-likeness (QED) is 0.732. The molecule has 1 aromatic rings. The highest BCUT2D eigenvalue weighted by atomic mass is 32.2. The van der Waals surface area contributed by atoms with Crippen molar-refractivity contribution < 1.29 is 18.3 Å². The van der Waals surface area contributed by atoms with Gasteiger partial charge in [0, 0.05) is 6.04 Å². The minimum atomic E-state index is -3.77. The lowest BCUT2D eigenvalue weighted by Gasteiger charge is -2.25. The fourth-order valence-corrected chi connectivity index (χ4v) is 3.37. The number of aromatic nitrogens is 2. The first-order valence-corrected chi connectivity index (χ1v) is 7.74. The highest BCUT2D eigenvalue weighted by Gasteiger charge is 2.27. The Hall–Kier alpha value is -1.41. The lowest BCUT2D eigenvalue weighted by atomic mass is 9.87. The smallest absolute Gasteiger partial charge is 0.304 e. The second-order valence-electron chi connectivity index (χ2n) is 6.04. The Labute approximate surface area is 118 Å². The molecule has 0 amide bonds. The first-order chi connectivity index (χ1) is 9.01. The predicted molar refractivity (Wildman–Crippen MR) is 73.8 cm³/mol. The number of aromatic amines is 1. The molecule has 1 atom stereocenters. The van der Waals surface area contributed by atoms with Crippen molar-refractivity contribution in [2.24, 2.45) is 5.41 Å². The Bertz CT molecular complexity index is 572. The maximum absolute atomic E-state index is 12.2. The van der Waals surface area contributed by atoms with Gasteiger partial charge in [0.25, 0.3) is 0 Å². The maximum Gasteiger partial charge on any atom is 0.304 e. The van der Waals surface area contributed by atoms with Gasteiger partial charge in [0.15, 0.2) is 0 Å². The van der Waals surface area contributed by atoms with Gasteiger partial charge in [-0.15, -0.1) is 0 Å². The van der Waals surface area contributed by atoms with Crippen LogP contribution in [0.1, 0.15) is 39.3 Å². The summed E-state index contributed by atoms with van der Waals surface area (Å²) in [7, 11) is -3.77. The van der Waals surface area contributed by atoms with E-state index in [0.29, 0.717) is 12.1 Å².